The zero-order chi connectivity index (χ0) is 73.0. The lowest BCUT2D eigenvalue weighted by Crippen LogP contribution is -2.30. The number of carbonyl (C=O) groups is 4. The highest BCUT2D eigenvalue weighted by atomic mass is 31.2. The lowest BCUT2D eigenvalue weighted by Gasteiger charge is -2.21. The van der Waals surface area contributed by atoms with E-state index in [2.05, 4.69) is 48.5 Å². The normalized spacial score (nSPS) is 14.5. The van der Waals surface area contributed by atoms with Crippen LogP contribution < -0.4 is 0 Å². The molecule has 0 spiro atoms. The first-order chi connectivity index (χ1) is 47.8. The molecule has 0 rings (SSSR count). The molecule has 17 nitrogen and oxygen atoms in total. The van der Waals surface area contributed by atoms with Crippen LogP contribution in [0, 0.1) is 17.8 Å². The summed E-state index contributed by atoms with van der Waals surface area (Å²) in [7, 11) is -9.91. The van der Waals surface area contributed by atoms with Crippen molar-refractivity contribution in [2.75, 3.05) is 39.6 Å². The number of unbranched alkanes of at least 4 members (excludes halogenated alkanes) is 44. The van der Waals surface area contributed by atoms with Gasteiger partial charge in [-0.3, -0.25) is 37.3 Å². The summed E-state index contributed by atoms with van der Waals surface area (Å²) in [6.07, 6.45) is 58.7. The molecule has 0 saturated heterocycles. The summed E-state index contributed by atoms with van der Waals surface area (Å²) in [6.45, 7) is 12.0. The maximum atomic E-state index is 13.1. The molecule has 0 heterocycles. The molecule has 0 aliphatic heterocycles. The second-order valence-electron chi connectivity index (χ2n) is 29.8. The maximum Gasteiger partial charge on any atom is 0.472 e. The zero-order valence-corrected chi connectivity index (χ0v) is 66.8. The number of aliphatic hydroxyl groups is 1. The molecule has 0 saturated carbocycles. The van der Waals surface area contributed by atoms with Gasteiger partial charge in [0.1, 0.15) is 19.3 Å². The number of hydrogen-bond acceptors (Lipinski definition) is 15. The summed E-state index contributed by atoms with van der Waals surface area (Å²) in [5.74, 6) is 0.356. The van der Waals surface area contributed by atoms with E-state index in [1.165, 1.54) is 218 Å². The lowest BCUT2D eigenvalue weighted by molar-refractivity contribution is -0.161. The first kappa shape index (κ1) is 97.1. The van der Waals surface area contributed by atoms with E-state index in [4.69, 9.17) is 37.0 Å². The Morgan fingerprint density at radius 2 is 0.515 bits per heavy atom. The van der Waals surface area contributed by atoms with E-state index in [-0.39, 0.29) is 25.7 Å². The van der Waals surface area contributed by atoms with Crippen molar-refractivity contribution < 1.29 is 80.2 Å². The number of aliphatic hydroxyl groups excluding tert-OH is 1. The Morgan fingerprint density at radius 3 is 0.768 bits per heavy atom. The molecule has 0 aliphatic carbocycles. The highest BCUT2D eigenvalue weighted by Gasteiger charge is 2.30. The summed E-state index contributed by atoms with van der Waals surface area (Å²) in [5.41, 5.74) is 0. The van der Waals surface area contributed by atoms with Crippen molar-refractivity contribution in [2.45, 2.75) is 433 Å². The molecule has 0 fully saturated rings. The molecule has 0 bridgehead atoms. The standard InChI is InChI=1S/C80H156O17P2/c1-8-11-12-44-54-61-77(82)90-67-75(96-79(84)64-57-50-43-37-31-30-34-40-47-53-60-73(7)10-3)69-94-98(86,87)92-65-74(81)66-93-99(88,89)95-70-76(68-91-78(83)62-55-48-41-35-28-24-21-17-18-22-26-32-38-45-51-58-71(4)5)97-80(85)63-56-49-42-36-29-25-20-16-14-13-15-19-23-27-33-39-46-52-59-72(6)9-2/h71-76,81H,8-70H2,1-7H3,(H,86,87)(H,88,89)/t72?,73?,74-,75+,76+/m0/s1. The van der Waals surface area contributed by atoms with Gasteiger partial charge >= 0.3 is 39.5 Å². The Hall–Kier alpha value is -1.94. The van der Waals surface area contributed by atoms with Gasteiger partial charge in [-0.05, 0) is 43.4 Å². The van der Waals surface area contributed by atoms with Crippen LogP contribution in [0.2, 0.25) is 0 Å². The van der Waals surface area contributed by atoms with Gasteiger partial charge in [0.25, 0.3) is 0 Å². The van der Waals surface area contributed by atoms with Crippen LogP contribution in [-0.2, 0) is 65.4 Å². The van der Waals surface area contributed by atoms with Gasteiger partial charge in [0, 0.05) is 25.7 Å². The molecule has 99 heavy (non-hydrogen) atoms. The van der Waals surface area contributed by atoms with Gasteiger partial charge in [0.05, 0.1) is 26.4 Å². The number of rotatable bonds is 78. The van der Waals surface area contributed by atoms with Crippen LogP contribution in [0.5, 0.6) is 0 Å². The highest BCUT2D eigenvalue weighted by Crippen LogP contribution is 2.45. The molecule has 7 atom stereocenters. The summed E-state index contributed by atoms with van der Waals surface area (Å²) in [5, 5.41) is 10.6. The van der Waals surface area contributed by atoms with Crippen LogP contribution in [0.25, 0.3) is 0 Å². The van der Waals surface area contributed by atoms with Crippen molar-refractivity contribution in [3.8, 4) is 0 Å². The minimum Gasteiger partial charge on any atom is -0.462 e. The predicted octanol–water partition coefficient (Wildman–Crippen LogP) is 23.7. The van der Waals surface area contributed by atoms with E-state index >= 15 is 0 Å². The van der Waals surface area contributed by atoms with Gasteiger partial charge in [-0.25, -0.2) is 9.13 Å². The molecule has 3 N–H and O–H groups in total. The van der Waals surface area contributed by atoms with Gasteiger partial charge < -0.3 is 33.8 Å². The number of hydrogen-bond donors (Lipinski definition) is 3. The smallest absolute Gasteiger partial charge is 0.462 e. The van der Waals surface area contributed by atoms with E-state index in [1.54, 1.807) is 0 Å². The van der Waals surface area contributed by atoms with Gasteiger partial charge in [-0.15, -0.1) is 0 Å². The number of phosphoric acid groups is 2. The van der Waals surface area contributed by atoms with Crippen molar-refractivity contribution >= 4 is 39.5 Å². The van der Waals surface area contributed by atoms with Gasteiger partial charge in [-0.1, -0.05) is 363 Å². The molecule has 0 radical (unpaired) electrons. The second kappa shape index (κ2) is 70.4. The first-order valence-corrected chi connectivity index (χ1v) is 44.4. The van der Waals surface area contributed by atoms with Crippen molar-refractivity contribution in [3.05, 3.63) is 0 Å². The fourth-order valence-electron chi connectivity index (χ4n) is 12.2. The van der Waals surface area contributed by atoms with Crippen molar-refractivity contribution in [1.29, 1.82) is 0 Å². The fourth-order valence-corrected chi connectivity index (χ4v) is 13.8. The number of ether oxygens (including phenoxy) is 4. The topological polar surface area (TPSA) is 237 Å². The number of phosphoric ester groups is 2. The third-order valence-electron chi connectivity index (χ3n) is 19.4. The quantitative estimate of drug-likeness (QED) is 0.0222. The molecule has 19 heteroatoms. The van der Waals surface area contributed by atoms with E-state index < -0.39 is 97.5 Å². The van der Waals surface area contributed by atoms with Crippen molar-refractivity contribution in [2.24, 2.45) is 17.8 Å². The second-order valence-corrected chi connectivity index (χ2v) is 32.7. The minimum absolute atomic E-state index is 0.105. The van der Waals surface area contributed by atoms with Crippen LogP contribution in [0.1, 0.15) is 414 Å². The molecular formula is C80H156O17P2. The Labute approximate surface area is 607 Å². The monoisotopic (exact) mass is 1450 g/mol. The third-order valence-corrected chi connectivity index (χ3v) is 21.3. The average molecular weight is 1450 g/mol. The van der Waals surface area contributed by atoms with Crippen molar-refractivity contribution in [1.82, 2.24) is 0 Å². The van der Waals surface area contributed by atoms with E-state index in [1.807, 2.05) is 0 Å². The molecule has 0 aromatic carbocycles. The van der Waals surface area contributed by atoms with E-state index in [9.17, 15) is 43.2 Å². The molecule has 588 valence electrons. The maximum absolute atomic E-state index is 13.1. The largest absolute Gasteiger partial charge is 0.472 e. The summed E-state index contributed by atoms with van der Waals surface area (Å²) < 4.78 is 68.4. The van der Waals surface area contributed by atoms with Crippen molar-refractivity contribution in [3.63, 3.8) is 0 Å². The number of carbonyl (C=O) groups excluding carboxylic acids is 4. The molecule has 0 aliphatic rings. The molecule has 0 aromatic heterocycles. The summed E-state index contributed by atoms with van der Waals surface area (Å²) in [6, 6.07) is 0. The average Bonchev–Trinajstić information content (AvgIpc) is 1.13. The summed E-state index contributed by atoms with van der Waals surface area (Å²) in [4.78, 5) is 72.7. The minimum atomic E-state index is -4.96. The van der Waals surface area contributed by atoms with Crippen LogP contribution in [-0.4, -0.2) is 96.7 Å². The fraction of sp³-hybridized carbons (Fsp3) is 0.950. The zero-order valence-electron chi connectivity index (χ0n) is 65.0. The molecule has 4 unspecified atom stereocenters. The van der Waals surface area contributed by atoms with Gasteiger partial charge in [0.2, 0.25) is 0 Å². The molecular weight excluding hydrogens is 1290 g/mol. The highest BCUT2D eigenvalue weighted by molar-refractivity contribution is 7.47. The Morgan fingerprint density at radius 1 is 0.293 bits per heavy atom. The summed E-state index contributed by atoms with van der Waals surface area (Å²) >= 11 is 0. The van der Waals surface area contributed by atoms with Crippen LogP contribution in [0.15, 0.2) is 0 Å². The predicted molar refractivity (Wildman–Crippen MR) is 405 cm³/mol. The van der Waals surface area contributed by atoms with Crippen LogP contribution in [0.4, 0.5) is 0 Å². The number of esters is 4. The van der Waals surface area contributed by atoms with E-state index in [0.717, 1.165) is 114 Å². The van der Waals surface area contributed by atoms with E-state index in [0.29, 0.717) is 25.7 Å². The lowest BCUT2D eigenvalue weighted by atomic mass is 9.99. The van der Waals surface area contributed by atoms with Gasteiger partial charge in [0.15, 0.2) is 12.2 Å². The Balaban J connectivity index is 5.13. The Kier molecular flexibility index (Phi) is 69.0. The Bertz CT molecular complexity index is 1930. The third kappa shape index (κ3) is 71.5. The van der Waals surface area contributed by atoms with Crippen LogP contribution in [0.3, 0.4) is 0 Å². The van der Waals surface area contributed by atoms with Gasteiger partial charge in [-0.2, -0.15) is 0 Å². The van der Waals surface area contributed by atoms with Crippen LogP contribution >= 0.6 is 15.6 Å². The molecule has 0 amide bonds. The SMILES string of the molecule is CCCCCCCC(=O)OC[C@H](COP(=O)(O)OC[C@H](O)COP(=O)(O)OC[C@@H](COC(=O)CCCCCCCCCCCCCCCCCC(C)C)OC(=O)CCCCCCCCCCCCCCCCCCCCC(C)CC)OC(=O)CCCCCCCCCCCCC(C)CC. The first-order valence-electron chi connectivity index (χ1n) is 41.4. The molecule has 0 aromatic rings.